The van der Waals surface area contributed by atoms with Crippen molar-refractivity contribution in [3.63, 3.8) is 0 Å². The quantitative estimate of drug-likeness (QED) is 0.527. The molecule has 1 fully saturated rings. The molecule has 0 radical (unpaired) electrons. The third kappa shape index (κ3) is 2.01. The van der Waals surface area contributed by atoms with Gasteiger partial charge < -0.3 is 25.2 Å². The highest BCUT2D eigenvalue weighted by molar-refractivity contribution is 5.18. The molecule has 1 saturated carbocycles. The van der Waals surface area contributed by atoms with E-state index in [1.54, 1.807) is 0 Å². The van der Waals surface area contributed by atoms with E-state index in [0.717, 1.165) is 37.3 Å². The summed E-state index contributed by atoms with van der Waals surface area (Å²) < 4.78 is 4.84. The summed E-state index contributed by atoms with van der Waals surface area (Å²) in [6.07, 6.45) is 1.24. The van der Waals surface area contributed by atoms with Gasteiger partial charge in [0.2, 0.25) is 0 Å². The molecule has 0 bridgehead atoms. The topological polar surface area (TPSA) is 90.2 Å². The van der Waals surface area contributed by atoms with Crippen molar-refractivity contribution in [2.75, 3.05) is 0 Å². The van der Waals surface area contributed by atoms with Crippen LogP contribution in [0.1, 0.15) is 25.7 Å². The molecule has 5 heteroatoms. The van der Waals surface area contributed by atoms with Crippen LogP contribution in [0, 0.1) is 0 Å². The number of rotatable bonds is 2. The van der Waals surface area contributed by atoms with Crippen molar-refractivity contribution < 1.29 is 25.2 Å². The minimum absolute atomic E-state index is 0.121. The third-order valence-electron chi connectivity index (χ3n) is 3.07. The van der Waals surface area contributed by atoms with E-state index >= 15 is 0 Å². The largest absolute Gasteiger partial charge is 0.509 e. The van der Waals surface area contributed by atoms with Crippen LogP contribution in [0.3, 0.4) is 0 Å². The molecule has 0 saturated heterocycles. The van der Waals surface area contributed by atoms with E-state index < -0.39 is 24.3 Å². The second kappa shape index (κ2) is 4.35. The number of hydrogen-bond acceptors (Lipinski definition) is 5. The van der Waals surface area contributed by atoms with Crippen LogP contribution in [0.4, 0.5) is 0 Å². The van der Waals surface area contributed by atoms with Gasteiger partial charge in [0.1, 0.15) is 11.9 Å². The first-order valence-corrected chi connectivity index (χ1v) is 5.44. The van der Waals surface area contributed by atoms with Gasteiger partial charge in [-0.2, -0.15) is 0 Å². The summed E-state index contributed by atoms with van der Waals surface area (Å²) >= 11 is 0. The van der Waals surface area contributed by atoms with Crippen LogP contribution in [-0.2, 0) is 4.74 Å². The van der Waals surface area contributed by atoms with Crippen LogP contribution >= 0.6 is 0 Å². The molecule has 0 aromatic heterocycles. The Morgan fingerprint density at radius 1 is 1.38 bits per heavy atom. The Balaban J connectivity index is 2.08. The van der Waals surface area contributed by atoms with Gasteiger partial charge >= 0.3 is 0 Å². The Kier molecular flexibility index (Phi) is 3.07. The second-order valence-electron chi connectivity index (χ2n) is 4.22. The monoisotopic (exact) mass is 228 g/mol. The smallest absolute Gasteiger partial charge is 0.275 e. The molecular formula is C11H16O5. The molecule has 1 aliphatic heterocycles. The Morgan fingerprint density at radius 3 is 2.50 bits per heavy atom. The van der Waals surface area contributed by atoms with E-state index in [4.69, 9.17) is 9.84 Å². The van der Waals surface area contributed by atoms with Gasteiger partial charge in [0, 0.05) is 6.08 Å². The van der Waals surface area contributed by atoms with Crippen LogP contribution in [0.25, 0.3) is 0 Å². The number of aliphatic hydroxyl groups is 4. The van der Waals surface area contributed by atoms with Crippen molar-refractivity contribution in [3.05, 3.63) is 23.4 Å². The van der Waals surface area contributed by atoms with Crippen LogP contribution in [-0.4, -0.2) is 38.7 Å². The maximum atomic E-state index is 9.83. The van der Waals surface area contributed by atoms with E-state index in [9.17, 15) is 15.3 Å². The molecule has 0 aromatic carbocycles. The normalized spacial score (nSPS) is 31.1. The lowest BCUT2D eigenvalue weighted by Gasteiger charge is -2.21. The summed E-state index contributed by atoms with van der Waals surface area (Å²) in [6.45, 7) is 0. The van der Waals surface area contributed by atoms with E-state index in [1.165, 1.54) is 0 Å². The zero-order chi connectivity index (χ0) is 11.7. The zero-order valence-corrected chi connectivity index (χ0v) is 8.83. The molecule has 1 heterocycles. The molecule has 0 spiro atoms. The average molecular weight is 228 g/mol. The average Bonchev–Trinajstić information content (AvgIpc) is 2.85. The predicted molar refractivity (Wildman–Crippen MR) is 55.7 cm³/mol. The van der Waals surface area contributed by atoms with Gasteiger partial charge in [0.05, 0.1) is 0 Å². The summed E-state index contributed by atoms with van der Waals surface area (Å²) in [7, 11) is 0. The molecule has 0 unspecified atom stereocenters. The molecule has 2 aliphatic rings. The van der Waals surface area contributed by atoms with Crippen molar-refractivity contribution in [1.29, 1.82) is 0 Å². The minimum atomic E-state index is -1.29. The van der Waals surface area contributed by atoms with Gasteiger partial charge in [-0.25, -0.2) is 0 Å². The summed E-state index contributed by atoms with van der Waals surface area (Å²) in [5, 5.41) is 38.1. The van der Waals surface area contributed by atoms with Crippen LogP contribution in [0.2, 0.25) is 0 Å². The number of allylic oxidation sites excluding steroid dienone is 1. The highest BCUT2D eigenvalue weighted by Crippen LogP contribution is 2.30. The first-order chi connectivity index (χ1) is 7.59. The predicted octanol–water partition coefficient (Wildman–Crippen LogP) is 0.892. The van der Waals surface area contributed by atoms with E-state index in [1.807, 2.05) is 0 Å². The lowest BCUT2D eigenvalue weighted by molar-refractivity contribution is -0.0608. The SMILES string of the molecule is OC1=C[C@@H](O)[C@H]([C@H](O)C(O)=C2CCCC2)O1. The summed E-state index contributed by atoms with van der Waals surface area (Å²) in [4.78, 5) is 0. The number of aliphatic hydroxyl groups excluding tert-OH is 4. The van der Waals surface area contributed by atoms with Crippen LogP contribution in [0.15, 0.2) is 23.4 Å². The summed E-state index contributed by atoms with van der Waals surface area (Å²) in [6, 6.07) is 0. The highest BCUT2D eigenvalue weighted by atomic mass is 16.6. The van der Waals surface area contributed by atoms with Gasteiger partial charge in [-0.1, -0.05) is 0 Å². The van der Waals surface area contributed by atoms with Crippen molar-refractivity contribution >= 4 is 0 Å². The molecule has 0 aromatic rings. The standard InChI is InChI=1S/C11H16O5/c12-7-5-8(13)16-11(7)10(15)9(14)6-3-1-2-4-6/h5,7,10-15H,1-4H2/t7-,10-,11-/m1/s1. The Morgan fingerprint density at radius 2 is 2.00 bits per heavy atom. The maximum absolute atomic E-state index is 9.83. The lowest BCUT2D eigenvalue weighted by atomic mass is 10.0. The van der Waals surface area contributed by atoms with Crippen molar-refractivity contribution in [2.24, 2.45) is 0 Å². The molecule has 4 N–H and O–H groups in total. The molecule has 1 aliphatic carbocycles. The summed E-state index contributed by atoms with van der Waals surface area (Å²) in [5.41, 5.74) is 0.815. The van der Waals surface area contributed by atoms with Crippen molar-refractivity contribution in [1.82, 2.24) is 0 Å². The van der Waals surface area contributed by atoms with Gasteiger partial charge in [0.15, 0.2) is 12.2 Å². The summed E-state index contributed by atoms with van der Waals surface area (Å²) in [5.74, 6) is -0.537. The van der Waals surface area contributed by atoms with Crippen molar-refractivity contribution in [2.45, 2.75) is 44.0 Å². The zero-order valence-electron chi connectivity index (χ0n) is 8.83. The molecule has 2 rings (SSSR count). The fourth-order valence-corrected chi connectivity index (χ4v) is 2.16. The van der Waals surface area contributed by atoms with Crippen LogP contribution in [0.5, 0.6) is 0 Å². The van der Waals surface area contributed by atoms with Gasteiger partial charge in [0.25, 0.3) is 5.95 Å². The maximum Gasteiger partial charge on any atom is 0.275 e. The fourth-order valence-electron chi connectivity index (χ4n) is 2.16. The second-order valence-corrected chi connectivity index (χ2v) is 4.22. The van der Waals surface area contributed by atoms with E-state index in [0.29, 0.717) is 0 Å². The molecule has 5 nitrogen and oxygen atoms in total. The Labute approximate surface area is 93.3 Å². The number of ether oxygens (including phenoxy) is 1. The first kappa shape index (κ1) is 11.3. The molecular weight excluding hydrogens is 212 g/mol. The fraction of sp³-hybridized carbons (Fsp3) is 0.636. The van der Waals surface area contributed by atoms with Gasteiger partial charge in [-0.05, 0) is 31.3 Å². The van der Waals surface area contributed by atoms with Crippen molar-refractivity contribution in [3.8, 4) is 0 Å². The highest BCUT2D eigenvalue weighted by Gasteiger charge is 2.37. The first-order valence-electron chi connectivity index (χ1n) is 5.44. The van der Waals surface area contributed by atoms with E-state index in [2.05, 4.69) is 0 Å². The lowest BCUT2D eigenvalue weighted by Crippen LogP contribution is -2.36. The van der Waals surface area contributed by atoms with Gasteiger partial charge in [-0.3, -0.25) is 0 Å². The van der Waals surface area contributed by atoms with Gasteiger partial charge in [-0.15, -0.1) is 0 Å². The van der Waals surface area contributed by atoms with E-state index in [-0.39, 0.29) is 5.76 Å². The number of hydrogen-bond donors (Lipinski definition) is 4. The molecule has 16 heavy (non-hydrogen) atoms. The van der Waals surface area contributed by atoms with Crippen LogP contribution < -0.4 is 0 Å². The molecule has 90 valence electrons. The Hall–Kier alpha value is -1.20. The minimum Gasteiger partial charge on any atom is -0.509 e. The molecule has 0 amide bonds. The Bertz CT molecular complexity index is 325. The third-order valence-corrected chi connectivity index (χ3v) is 3.07. The molecule has 3 atom stereocenters.